The van der Waals surface area contributed by atoms with E-state index in [0.717, 1.165) is 17.7 Å². The second kappa shape index (κ2) is 11.6. The van der Waals surface area contributed by atoms with Crippen molar-refractivity contribution in [3.8, 4) is 5.75 Å². The normalized spacial score (nSPS) is 13.1. The number of rotatable bonds is 10. The average Bonchev–Trinajstić information content (AvgIpc) is 2.77. The van der Waals surface area contributed by atoms with Crippen LogP contribution in [0.4, 0.5) is 13.2 Å². The van der Waals surface area contributed by atoms with Crippen LogP contribution < -0.4 is 10.5 Å². The molecule has 0 aliphatic heterocycles. The fourth-order valence-electron chi connectivity index (χ4n) is 2.58. The third-order valence-electron chi connectivity index (χ3n) is 4.46. The minimum atomic E-state index is -4.46. The zero-order chi connectivity index (χ0) is 25.4. The molecule has 0 saturated carbocycles. The number of ether oxygens (including phenoxy) is 2. The van der Waals surface area contributed by atoms with Crippen molar-refractivity contribution in [3.05, 3.63) is 65.2 Å². The maximum absolute atomic E-state index is 12.7. The summed E-state index contributed by atoms with van der Waals surface area (Å²) in [5.41, 5.74) is 4.78. The molecule has 34 heavy (non-hydrogen) atoms. The Hall–Kier alpha value is -3.44. The predicted octanol–water partition coefficient (Wildman–Crippen LogP) is 3.26. The fraction of sp³-hybridized carbons (Fsp3) is 0.348. The van der Waals surface area contributed by atoms with Crippen LogP contribution in [0.25, 0.3) is 0 Å². The minimum absolute atomic E-state index is 0.0449. The molecule has 4 N–H and O–H groups in total. The van der Waals surface area contributed by atoms with E-state index in [1.807, 2.05) is 0 Å². The number of benzene rings is 2. The van der Waals surface area contributed by atoms with Gasteiger partial charge in [-0.3, -0.25) is 4.99 Å². The molecule has 0 aromatic heterocycles. The van der Waals surface area contributed by atoms with Gasteiger partial charge >= 0.3 is 12.1 Å². The number of aliphatic imine (C=N–C) groups is 2. The number of aliphatic hydroxyl groups excluding tert-OH is 1. The van der Waals surface area contributed by atoms with Crippen LogP contribution in [0.1, 0.15) is 30.5 Å². The number of amidine groups is 2. The van der Waals surface area contributed by atoms with Gasteiger partial charge in [0.05, 0.1) is 25.3 Å². The fourth-order valence-corrected chi connectivity index (χ4v) is 2.58. The Bertz CT molecular complexity index is 1020. The first-order valence-corrected chi connectivity index (χ1v) is 10.2. The Labute approximate surface area is 194 Å². The zero-order valence-electron chi connectivity index (χ0n) is 18.7. The lowest BCUT2D eigenvalue weighted by molar-refractivity contribution is -0.152. The summed E-state index contributed by atoms with van der Waals surface area (Å²) in [6, 6.07) is 10.9. The van der Waals surface area contributed by atoms with E-state index in [4.69, 9.17) is 25.4 Å². The number of hydrogen-bond donors (Lipinski definition) is 3. The zero-order valence-corrected chi connectivity index (χ0v) is 18.7. The molecule has 8 nitrogen and oxygen atoms in total. The van der Waals surface area contributed by atoms with Gasteiger partial charge in [-0.1, -0.05) is 24.3 Å². The van der Waals surface area contributed by atoms with Crippen molar-refractivity contribution < 1.29 is 37.7 Å². The molecule has 0 aliphatic rings. The van der Waals surface area contributed by atoms with Crippen LogP contribution in [-0.2, 0) is 22.3 Å². The van der Waals surface area contributed by atoms with Crippen molar-refractivity contribution >= 4 is 17.6 Å². The van der Waals surface area contributed by atoms with Gasteiger partial charge in [0.1, 0.15) is 18.2 Å². The molecule has 0 saturated heterocycles. The van der Waals surface area contributed by atoms with Gasteiger partial charge in [-0.2, -0.15) is 13.2 Å². The Kier molecular flexibility index (Phi) is 9.16. The number of carboxylic acid groups (broad SMARTS) is 1. The standard InChI is InChI=1S/C23H26F3N3O5/c1-22(2,21(31)32)34-18-9-3-15(4-10-18)13-33-14-19(28-11-12-30)29-20(27)16-5-7-17(8-6-16)23(24,25)26/h3-10,30H,11-14H2,1-2H3,(H,31,32)(H2,27,28,29). The SMILES string of the molecule is CC(C)(Oc1ccc(COCC(=NCCO)N=C(N)c2ccc(C(F)(F)F)cc2)cc1)C(=O)O. The summed E-state index contributed by atoms with van der Waals surface area (Å²) in [5, 5.41) is 18.2. The third kappa shape index (κ3) is 8.16. The van der Waals surface area contributed by atoms with Gasteiger partial charge in [-0.05, 0) is 43.7 Å². The summed E-state index contributed by atoms with van der Waals surface area (Å²) < 4.78 is 49.2. The number of carbonyl (C=O) groups is 1. The van der Waals surface area contributed by atoms with Crippen molar-refractivity contribution in [1.82, 2.24) is 0 Å². The van der Waals surface area contributed by atoms with Gasteiger partial charge in [0.25, 0.3) is 0 Å². The molecule has 2 aromatic rings. The molecule has 2 aromatic carbocycles. The first-order valence-electron chi connectivity index (χ1n) is 10.2. The molecule has 0 radical (unpaired) electrons. The monoisotopic (exact) mass is 481 g/mol. The first-order chi connectivity index (χ1) is 15.9. The Morgan fingerprint density at radius 1 is 1.06 bits per heavy atom. The molecule has 0 bridgehead atoms. The van der Waals surface area contributed by atoms with E-state index >= 15 is 0 Å². The number of carboxylic acids is 1. The van der Waals surface area contributed by atoms with E-state index in [2.05, 4.69) is 9.98 Å². The summed E-state index contributed by atoms with van der Waals surface area (Å²) in [7, 11) is 0. The lowest BCUT2D eigenvalue weighted by Crippen LogP contribution is -2.37. The van der Waals surface area contributed by atoms with E-state index in [9.17, 15) is 18.0 Å². The molecule has 0 atom stereocenters. The Morgan fingerprint density at radius 2 is 1.68 bits per heavy atom. The van der Waals surface area contributed by atoms with Gasteiger partial charge < -0.3 is 25.4 Å². The van der Waals surface area contributed by atoms with Crippen LogP contribution >= 0.6 is 0 Å². The molecular formula is C23H26F3N3O5. The lowest BCUT2D eigenvalue weighted by Gasteiger charge is -2.21. The number of aliphatic carboxylic acids is 1. The van der Waals surface area contributed by atoms with Crippen LogP contribution in [0.2, 0.25) is 0 Å². The van der Waals surface area contributed by atoms with E-state index in [1.54, 1.807) is 24.3 Å². The predicted molar refractivity (Wildman–Crippen MR) is 120 cm³/mol. The average molecular weight is 481 g/mol. The maximum Gasteiger partial charge on any atom is 0.416 e. The smallest absolute Gasteiger partial charge is 0.416 e. The molecule has 184 valence electrons. The van der Waals surface area contributed by atoms with Gasteiger partial charge in [-0.25, -0.2) is 9.79 Å². The highest BCUT2D eigenvalue weighted by molar-refractivity contribution is 6.05. The van der Waals surface area contributed by atoms with Crippen molar-refractivity contribution in [2.75, 3.05) is 19.8 Å². The molecule has 0 amide bonds. The van der Waals surface area contributed by atoms with E-state index in [1.165, 1.54) is 26.0 Å². The minimum Gasteiger partial charge on any atom is -0.478 e. The largest absolute Gasteiger partial charge is 0.478 e. The topological polar surface area (TPSA) is 127 Å². The van der Waals surface area contributed by atoms with E-state index < -0.39 is 23.3 Å². The third-order valence-corrected chi connectivity index (χ3v) is 4.46. The lowest BCUT2D eigenvalue weighted by atomic mass is 10.1. The molecule has 0 unspecified atom stereocenters. The summed E-state index contributed by atoms with van der Waals surface area (Å²) in [5.74, 6) is -0.591. The van der Waals surface area contributed by atoms with Crippen LogP contribution in [-0.4, -0.2) is 53.2 Å². The van der Waals surface area contributed by atoms with E-state index in [-0.39, 0.29) is 43.6 Å². The summed E-state index contributed by atoms with van der Waals surface area (Å²) in [6.07, 6.45) is -4.46. The molecule has 0 heterocycles. The second-order valence-corrected chi connectivity index (χ2v) is 7.65. The summed E-state index contributed by atoms with van der Waals surface area (Å²) in [6.45, 7) is 2.80. The van der Waals surface area contributed by atoms with Crippen LogP contribution in [0.5, 0.6) is 5.75 Å². The van der Waals surface area contributed by atoms with Crippen molar-refractivity contribution in [3.63, 3.8) is 0 Å². The van der Waals surface area contributed by atoms with E-state index in [0.29, 0.717) is 5.75 Å². The molecule has 0 aliphatic carbocycles. The first kappa shape index (κ1) is 26.8. The highest BCUT2D eigenvalue weighted by atomic mass is 19.4. The van der Waals surface area contributed by atoms with Gasteiger partial charge in [0.15, 0.2) is 11.4 Å². The van der Waals surface area contributed by atoms with Crippen molar-refractivity contribution in [1.29, 1.82) is 0 Å². The molecule has 2 rings (SSSR count). The molecule has 11 heteroatoms. The van der Waals surface area contributed by atoms with Crippen LogP contribution in [0.3, 0.4) is 0 Å². The second-order valence-electron chi connectivity index (χ2n) is 7.65. The number of aliphatic hydroxyl groups is 1. The maximum atomic E-state index is 12.7. The number of nitrogens with zero attached hydrogens (tertiary/aromatic N) is 2. The van der Waals surface area contributed by atoms with Gasteiger partial charge in [0.2, 0.25) is 0 Å². The Balaban J connectivity index is 2.01. The van der Waals surface area contributed by atoms with Crippen molar-refractivity contribution in [2.24, 2.45) is 15.7 Å². The number of nitrogens with two attached hydrogens (primary N) is 1. The summed E-state index contributed by atoms with van der Waals surface area (Å²) in [4.78, 5) is 19.4. The van der Waals surface area contributed by atoms with Gasteiger partial charge in [0, 0.05) is 5.56 Å². The number of alkyl halides is 3. The van der Waals surface area contributed by atoms with Crippen LogP contribution in [0.15, 0.2) is 58.5 Å². The molecule has 0 fully saturated rings. The highest BCUT2D eigenvalue weighted by Crippen LogP contribution is 2.29. The summed E-state index contributed by atoms with van der Waals surface area (Å²) >= 11 is 0. The molecular weight excluding hydrogens is 455 g/mol. The van der Waals surface area contributed by atoms with Crippen LogP contribution in [0, 0.1) is 0 Å². The van der Waals surface area contributed by atoms with Gasteiger partial charge in [-0.15, -0.1) is 0 Å². The number of halogens is 3. The van der Waals surface area contributed by atoms with Crippen molar-refractivity contribution in [2.45, 2.75) is 32.2 Å². The Morgan fingerprint density at radius 3 is 2.21 bits per heavy atom. The molecule has 0 spiro atoms. The highest BCUT2D eigenvalue weighted by Gasteiger charge is 2.30. The quantitative estimate of drug-likeness (QED) is 0.353. The number of hydrogen-bond acceptors (Lipinski definition) is 5.